The van der Waals surface area contributed by atoms with E-state index in [2.05, 4.69) is 4.98 Å². The van der Waals surface area contributed by atoms with Gasteiger partial charge >= 0.3 is 11.7 Å². The van der Waals surface area contributed by atoms with Gasteiger partial charge in [-0.15, -0.1) is 0 Å². The molecule has 8 heteroatoms. The second-order valence-corrected chi connectivity index (χ2v) is 4.19. The number of carboxylic acid groups (broad SMARTS) is 1. The predicted octanol–water partition coefficient (Wildman–Crippen LogP) is 2.27. The van der Waals surface area contributed by atoms with Crippen LogP contribution < -0.4 is 10.5 Å². The highest BCUT2D eigenvalue weighted by atomic mass is 16.6. The number of rotatable bonds is 5. The molecule has 0 saturated heterocycles. The number of hydrogen-bond donors (Lipinski definition) is 3. The number of aromatic nitrogens is 1. The van der Waals surface area contributed by atoms with E-state index in [1.54, 1.807) is 13.0 Å². The molecule has 0 radical (unpaired) electrons. The third-order valence-electron chi connectivity index (χ3n) is 2.85. The number of benzene rings is 1. The van der Waals surface area contributed by atoms with Gasteiger partial charge in [0.15, 0.2) is 5.75 Å². The van der Waals surface area contributed by atoms with Crippen LogP contribution in [0.5, 0.6) is 5.75 Å². The zero-order valence-electron chi connectivity index (χ0n) is 11.1. The van der Waals surface area contributed by atoms with Crippen LogP contribution in [-0.4, -0.2) is 27.6 Å². The number of ether oxygens (including phenoxy) is 1. The van der Waals surface area contributed by atoms with Crippen molar-refractivity contribution >= 4 is 17.5 Å². The first-order valence-corrected chi connectivity index (χ1v) is 6.07. The third kappa shape index (κ3) is 2.78. The molecule has 1 aromatic carbocycles. The fraction of sp³-hybridized carbons (Fsp3) is 0.154. The molecule has 0 fully saturated rings. The molecule has 0 bridgehead atoms. The first-order chi connectivity index (χ1) is 9.93. The number of carbonyl (C=O) groups is 1. The van der Waals surface area contributed by atoms with Crippen LogP contribution in [0, 0.1) is 10.1 Å². The normalized spacial score (nSPS) is 10.3. The molecule has 0 saturated carbocycles. The largest absolute Gasteiger partial charge is 0.487 e. The van der Waals surface area contributed by atoms with Crippen LogP contribution in [0.2, 0.25) is 0 Å². The number of nitro benzene ring substituents is 1. The SMILES string of the molecule is CCOc1ccc(-c2cc(C(=O)O)c(N)[nH]2)cc1[N+](=O)[O-]. The van der Waals surface area contributed by atoms with Gasteiger partial charge in [0, 0.05) is 17.3 Å². The van der Waals surface area contributed by atoms with Crippen molar-refractivity contribution < 1.29 is 19.6 Å². The minimum atomic E-state index is -1.17. The van der Waals surface area contributed by atoms with E-state index in [-0.39, 0.29) is 22.8 Å². The summed E-state index contributed by atoms with van der Waals surface area (Å²) in [6, 6.07) is 5.70. The summed E-state index contributed by atoms with van der Waals surface area (Å²) in [7, 11) is 0. The lowest BCUT2D eigenvalue weighted by Gasteiger charge is -2.05. The molecule has 0 spiro atoms. The van der Waals surface area contributed by atoms with Crippen molar-refractivity contribution in [1.29, 1.82) is 0 Å². The lowest BCUT2D eigenvalue weighted by molar-refractivity contribution is -0.385. The molecule has 0 aliphatic carbocycles. The van der Waals surface area contributed by atoms with Crippen LogP contribution >= 0.6 is 0 Å². The van der Waals surface area contributed by atoms with Gasteiger partial charge in [0.1, 0.15) is 11.4 Å². The number of H-pyrrole nitrogens is 1. The summed E-state index contributed by atoms with van der Waals surface area (Å²) >= 11 is 0. The number of nitrogens with zero attached hydrogens (tertiary/aromatic N) is 1. The molecule has 4 N–H and O–H groups in total. The Balaban J connectivity index is 2.50. The van der Waals surface area contributed by atoms with Gasteiger partial charge in [-0.25, -0.2) is 4.79 Å². The molecule has 1 aromatic heterocycles. The quantitative estimate of drug-likeness (QED) is 0.572. The maximum Gasteiger partial charge on any atom is 0.339 e. The van der Waals surface area contributed by atoms with Gasteiger partial charge in [0.05, 0.1) is 11.5 Å². The Bertz CT molecular complexity index is 708. The van der Waals surface area contributed by atoms with Crippen LogP contribution in [0.15, 0.2) is 24.3 Å². The fourth-order valence-corrected chi connectivity index (χ4v) is 1.91. The van der Waals surface area contributed by atoms with E-state index in [9.17, 15) is 14.9 Å². The third-order valence-corrected chi connectivity index (χ3v) is 2.85. The zero-order valence-corrected chi connectivity index (χ0v) is 11.1. The maximum absolute atomic E-state index is 11.1. The van der Waals surface area contributed by atoms with Crippen molar-refractivity contribution in [1.82, 2.24) is 4.98 Å². The molecular weight excluding hydrogens is 278 g/mol. The topological polar surface area (TPSA) is 131 Å². The van der Waals surface area contributed by atoms with E-state index >= 15 is 0 Å². The van der Waals surface area contributed by atoms with Gasteiger partial charge < -0.3 is 20.6 Å². The molecule has 21 heavy (non-hydrogen) atoms. The average Bonchev–Trinajstić information content (AvgIpc) is 2.81. The number of nitro groups is 1. The smallest absolute Gasteiger partial charge is 0.339 e. The summed E-state index contributed by atoms with van der Waals surface area (Å²) in [5, 5.41) is 20.0. The molecule has 0 amide bonds. The van der Waals surface area contributed by atoms with Crippen LogP contribution in [0.4, 0.5) is 11.5 Å². The molecule has 1 heterocycles. The number of anilines is 1. The first-order valence-electron chi connectivity index (χ1n) is 6.07. The number of aromatic amines is 1. The Hall–Kier alpha value is -3.03. The summed E-state index contributed by atoms with van der Waals surface area (Å²) in [5.74, 6) is -1.02. The minimum absolute atomic E-state index is 0.00552. The second-order valence-electron chi connectivity index (χ2n) is 4.19. The van der Waals surface area contributed by atoms with E-state index in [0.717, 1.165) is 0 Å². The molecule has 2 aromatic rings. The number of hydrogen-bond acceptors (Lipinski definition) is 5. The number of nitrogens with two attached hydrogens (primary N) is 1. The van der Waals surface area contributed by atoms with Gasteiger partial charge in [-0.2, -0.15) is 0 Å². The molecule has 0 atom stereocenters. The Morgan fingerprint density at radius 3 is 2.71 bits per heavy atom. The number of carboxylic acids is 1. The zero-order chi connectivity index (χ0) is 15.6. The van der Waals surface area contributed by atoms with Crippen LogP contribution in [0.25, 0.3) is 11.3 Å². The summed E-state index contributed by atoms with van der Waals surface area (Å²) in [4.78, 5) is 24.1. The Morgan fingerprint density at radius 2 is 2.19 bits per heavy atom. The Kier molecular flexibility index (Phi) is 3.79. The molecule has 8 nitrogen and oxygen atoms in total. The Labute approximate surface area is 119 Å². The van der Waals surface area contributed by atoms with Gasteiger partial charge in [0.2, 0.25) is 0 Å². The highest BCUT2D eigenvalue weighted by molar-refractivity contribution is 5.95. The summed E-state index contributed by atoms with van der Waals surface area (Å²) in [6.45, 7) is 2.03. The predicted molar refractivity (Wildman–Crippen MR) is 75.4 cm³/mol. The van der Waals surface area contributed by atoms with Crippen molar-refractivity contribution in [2.75, 3.05) is 12.3 Å². The van der Waals surface area contributed by atoms with E-state index in [1.165, 1.54) is 18.2 Å². The minimum Gasteiger partial charge on any atom is -0.487 e. The van der Waals surface area contributed by atoms with Crippen molar-refractivity contribution in [3.05, 3.63) is 39.9 Å². The van der Waals surface area contributed by atoms with Gasteiger partial charge in [-0.05, 0) is 25.1 Å². The van der Waals surface area contributed by atoms with Crippen molar-refractivity contribution in [3.8, 4) is 17.0 Å². The molecule has 110 valence electrons. The molecule has 0 unspecified atom stereocenters. The maximum atomic E-state index is 11.1. The van der Waals surface area contributed by atoms with Gasteiger partial charge in [-0.3, -0.25) is 10.1 Å². The first kappa shape index (κ1) is 14.4. The lowest BCUT2D eigenvalue weighted by atomic mass is 10.1. The van der Waals surface area contributed by atoms with Crippen LogP contribution in [-0.2, 0) is 0 Å². The molecular formula is C13H13N3O5. The Morgan fingerprint density at radius 1 is 1.48 bits per heavy atom. The highest BCUT2D eigenvalue weighted by Gasteiger charge is 2.19. The van der Waals surface area contributed by atoms with Crippen molar-refractivity contribution in [3.63, 3.8) is 0 Å². The highest BCUT2D eigenvalue weighted by Crippen LogP contribution is 2.33. The number of nitrogens with one attached hydrogen (secondary N) is 1. The number of nitrogen functional groups attached to an aromatic ring is 1. The summed E-state index contributed by atoms with van der Waals surface area (Å²) in [6.07, 6.45) is 0. The second kappa shape index (κ2) is 5.53. The summed E-state index contributed by atoms with van der Waals surface area (Å²) < 4.78 is 5.19. The van der Waals surface area contributed by atoms with Crippen LogP contribution in [0.1, 0.15) is 17.3 Å². The summed E-state index contributed by atoms with van der Waals surface area (Å²) in [5.41, 5.74) is 6.12. The standard InChI is InChI=1S/C13H13N3O5/c1-2-21-11-4-3-7(5-10(11)16(19)20)9-6-8(13(17)18)12(14)15-9/h3-6,15H,2,14H2,1H3,(H,17,18). The van der Waals surface area contributed by atoms with E-state index in [4.69, 9.17) is 15.6 Å². The lowest BCUT2D eigenvalue weighted by Crippen LogP contribution is -1.98. The van der Waals surface area contributed by atoms with Gasteiger partial charge in [0.25, 0.3) is 0 Å². The monoisotopic (exact) mass is 291 g/mol. The fourth-order valence-electron chi connectivity index (χ4n) is 1.91. The van der Waals surface area contributed by atoms with Crippen molar-refractivity contribution in [2.24, 2.45) is 0 Å². The molecule has 2 rings (SSSR count). The van der Waals surface area contributed by atoms with E-state index < -0.39 is 10.9 Å². The number of aromatic carboxylic acids is 1. The van der Waals surface area contributed by atoms with E-state index in [1.807, 2.05) is 0 Å². The molecule has 0 aliphatic rings. The van der Waals surface area contributed by atoms with Crippen LogP contribution in [0.3, 0.4) is 0 Å². The van der Waals surface area contributed by atoms with Crippen molar-refractivity contribution in [2.45, 2.75) is 6.92 Å². The average molecular weight is 291 g/mol. The van der Waals surface area contributed by atoms with E-state index in [0.29, 0.717) is 17.9 Å². The molecule has 0 aliphatic heterocycles. The van der Waals surface area contributed by atoms with Gasteiger partial charge in [-0.1, -0.05) is 0 Å².